The highest BCUT2D eigenvalue weighted by molar-refractivity contribution is 5.82. The molecule has 1 amide bonds. The fourth-order valence-corrected chi connectivity index (χ4v) is 4.53. The molecule has 0 aromatic heterocycles. The molecule has 9 heteroatoms. The number of aliphatic hydroxyl groups is 1. The van der Waals surface area contributed by atoms with E-state index in [-0.39, 0.29) is 24.7 Å². The maximum absolute atomic E-state index is 12.1. The lowest BCUT2D eigenvalue weighted by Gasteiger charge is -2.39. The van der Waals surface area contributed by atoms with Crippen LogP contribution in [0.1, 0.15) is 54.9 Å². The van der Waals surface area contributed by atoms with Gasteiger partial charge in [-0.25, -0.2) is 0 Å². The number of ether oxygens (including phenoxy) is 4. The maximum atomic E-state index is 12.1. The quantitative estimate of drug-likeness (QED) is 0.494. The summed E-state index contributed by atoms with van der Waals surface area (Å²) in [6.45, 7) is 7.18. The van der Waals surface area contributed by atoms with Crippen molar-refractivity contribution in [2.75, 3.05) is 32.8 Å². The van der Waals surface area contributed by atoms with Crippen LogP contribution in [0.3, 0.4) is 0 Å². The Morgan fingerprint density at radius 1 is 1.03 bits per heavy atom. The lowest BCUT2D eigenvalue weighted by atomic mass is 9.99. The van der Waals surface area contributed by atoms with Gasteiger partial charge in [-0.3, -0.25) is 14.5 Å². The minimum absolute atomic E-state index is 0.00661. The standard InChI is InChI=1S/C28H36N2O7/c1-19(35-20(2)32)27(33)29-16-21-3-9-24(10-4-21)28-36-25(17-30-11-13-34-14-12-30)15-26(37-28)23-7-5-22(18-31)6-8-23/h3-10,19,25-26,28,31H,11-18H2,1-2H3,(H,29,33). The number of carbonyl (C=O) groups is 2. The summed E-state index contributed by atoms with van der Waals surface area (Å²) in [5.74, 6) is -0.840. The second-order valence-electron chi connectivity index (χ2n) is 9.47. The Morgan fingerprint density at radius 2 is 1.68 bits per heavy atom. The third-order valence-corrected chi connectivity index (χ3v) is 6.61. The van der Waals surface area contributed by atoms with Gasteiger partial charge in [0.1, 0.15) is 0 Å². The van der Waals surface area contributed by atoms with Gasteiger partial charge < -0.3 is 29.4 Å². The van der Waals surface area contributed by atoms with E-state index in [0.717, 1.165) is 61.5 Å². The number of hydrogen-bond acceptors (Lipinski definition) is 8. The van der Waals surface area contributed by atoms with Crippen molar-refractivity contribution < 1.29 is 33.6 Å². The lowest BCUT2D eigenvalue weighted by molar-refractivity contribution is -0.253. The Labute approximate surface area is 217 Å². The van der Waals surface area contributed by atoms with Crippen molar-refractivity contribution in [2.45, 2.75) is 58.0 Å². The van der Waals surface area contributed by atoms with Crippen LogP contribution in [0.4, 0.5) is 0 Å². The molecule has 2 aliphatic heterocycles. The summed E-state index contributed by atoms with van der Waals surface area (Å²) in [6.07, 6.45) is -0.792. The molecule has 200 valence electrons. The molecule has 0 spiro atoms. The monoisotopic (exact) mass is 512 g/mol. The first-order valence-corrected chi connectivity index (χ1v) is 12.8. The fraction of sp³-hybridized carbons (Fsp3) is 0.500. The van der Waals surface area contributed by atoms with Gasteiger partial charge in [0, 0.05) is 45.1 Å². The van der Waals surface area contributed by atoms with Gasteiger partial charge in [-0.2, -0.15) is 0 Å². The SMILES string of the molecule is CC(=O)OC(C)C(=O)NCc1ccc(C2OC(CN3CCOCC3)CC(c3ccc(CO)cc3)O2)cc1. The first-order chi connectivity index (χ1) is 17.9. The number of aliphatic hydroxyl groups excluding tert-OH is 1. The molecule has 2 saturated heterocycles. The molecule has 4 unspecified atom stereocenters. The van der Waals surface area contributed by atoms with Crippen LogP contribution in [0.15, 0.2) is 48.5 Å². The van der Waals surface area contributed by atoms with Crippen LogP contribution < -0.4 is 5.32 Å². The van der Waals surface area contributed by atoms with Crippen molar-refractivity contribution in [2.24, 2.45) is 0 Å². The van der Waals surface area contributed by atoms with Crippen molar-refractivity contribution in [3.8, 4) is 0 Å². The molecule has 0 bridgehead atoms. The van der Waals surface area contributed by atoms with E-state index in [4.69, 9.17) is 18.9 Å². The van der Waals surface area contributed by atoms with Crippen LogP contribution in [0.25, 0.3) is 0 Å². The predicted molar refractivity (Wildman–Crippen MR) is 135 cm³/mol. The number of morpholine rings is 1. The number of carbonyl (C=O) groups excluding carboxylic acids is 2. The molecular weight excluding hydrogens is 476 g/mol. The maximum Gasteiger partial charge on any atom is 0.303 e. The molecule has 0 saturated carbocycles. The van der Waals surface area contributed by atoms with Gasteiger partial charge >= 0.3 is 5.97 Å². The molecule has 2 heterocycles. The normalized spacial score (nSPS) is 23.3. The predicted octanol–water partition coefficient (Wildman–Crippen LogP) is 2.62. The molecule has 2 fully saturated rings. The van der Waals surface area contributed by atoms with Crippen LogP contribution >= 0.6 is 0 Å². The number of amides is 1. The van der Waals surface area contributed by atoms with Crippen LogP contribution in [-0.4, -0.2) is 66.9 Å². The summed E-state index contributed by atoms with van der Waals surface area (Å²) in [6, 6.07) is 15.6. The third-order valence-electron chi connectivity index (χ3n) is 6.61. The average Bonchev–Trinajstić information content (AvgIpc) is 2.92. The van der Waals surface area contributed by atoms with E-state index in [2.05, 4.69) is 10.2 Å². The summed E-state index contributed by atoms with van der Waals surface area (Å²) >= 11 is 0. The molecule has 9 nitrogen and oxygen atoms in total. The van der Waals surface area contributed by atoms with Crippen LogP contribution in [0.5, 0.6) is 0 Å². The average molecular weight is 513 g/mol. The van der Waals surface area contributed by atoms with Crippen molar-refractivity contribution >= 4 is 11.9 Å². The molecule has 2 aromatic carbocycles. The summed E-state index contributed by atoms with van der Waals surface area (Å²) in [4.78, 5) is 25.5. The highest BCUT2D eigenvalue weighted by atomic mass is 16.7. The van der Waals surface area contributed by atoms with Gasteiger partial charge in [-0.05, 0) is 23.6 Å². The van der Waals surface area contributed by atoms with E-state index >= 15 is 0 Å². The van der Waals surface area contributed by atoms with Gasteiger partial charge in [0.05, 0.1) is 32.0 Å². The largest absolute Gasteiger partial charge is 0.453 e. The number of nitrogens with zero attached hydrogens (tertiary/aromatic N) is 1. The lowest BCUT2D eigenvalue weighted by Crippen LogP contribution is -2.44. The first-order valence-electron chi connectivity index (χ1n) is 12.8. The second kappa shape index (κ2) is 13.1. The third kappa shape index (κ3) is 7.83. The number of esters is 1. The summed E-state index contributed by atoms with van der Waals surface area (Å²) in [7, 11) is 0. The molecule has 4 atom stereocenters. The van der Waals surface area contributed by atoms with E-state index in [1.807, 2.05) is 48.5 Å². The number of rotatable bonds is 9. The van der Waals surface area contributed by atoms with Crippen LogP contribution in [0.2, 0.25) is 0 Å². The van der Waals surface area contributed by atoms with Crippen molar-refractivity contribution in [3.05, 3.63) is 70.8 Å². The van der Waals surface area contributed by atoms with E-state index < -0.39 is 18.4 Å². The molecular formula is C28H36N2O7. The molecule has 2 aliphatic rings. The Hall–Kier alpha value is -2.82. The van der Waals surface area contributed by atoms with Gasteiger partial charge in [0.25, 0.3) is 5.91 Å². The topological polar surface area (TPSA) is 107 Å². The molecule has 2 aromatic rings. The summed E-state index contributed by atoms with van der Waals surface area (Å²) in [5.41, 5.74) is 3.72. The van der Waals surface area contributed by atoms with Gasteiger partial charge in [-0.15, -0.1) is 0 Å². The smallest absolute Gasteiger partial charge is 0.303 e. The Bertz CT molecular complexity index is 1020. The van der Waals surface area contributed by atoms with Gasteiger partial charge in [-0.1, -0.05) is 48.5 Å². The van der Waals surface area contributed by atoms with Gasteiger partial charge in [0.15, 0.2) is 12.4 Å². The molecule has 0 aliphatic carbocycles. The van der Waals surface area contributed by atoms with Crippen LogP contribution in [-0.2, 0) is 41.7 Å². The minimum atomic E-state index is -0.840. The number of hydrogen-bond donors (Lipinski definition) is 2. The van der Waals surface area contributed by atoms with Crippen molar-refractivity contribution in [1.82, 2.24) is 10.2 Å². The van der Waals surface area contributed by atoms with Crippen molar-refractivity contribution in [3.63, 3.8) is 0 Å². The van der Waals surface area contributed by atoms with E-state index in [9.17, 15) is 14.7 Å². The van der Waals surface area contributed by atoms with Crippen LogP contribution in [0, 0.1) is 0 Å². The Balaban J connectivity index is 1.42. The highest BCUT2D eigenvalue weighted by Gasteiger charge is 2.33. The number of benzene rings is 2. The van der Waals surface area contributed by atoms with E-state index in [1.165, 1.54) is 6.92 Å². The Kier molecular flexibility index (Phi) is 9.65. The second-order valence-corrected chi connectivity index (χ2v) is 9.47. The summed E-state index contributed by atoms with van der Waals surface area (Å²) in [5, 5.41) is 12.2. The zero-order valence-corrected chi connectivity index (χ0v) is 21.4. The minimum Gasteiger partial charge on any atom is -0.453 e. The van der Waals surface area contributed by atoms with Gasteiger partial charge in [0.2, 0.25) is 0 Å². The molecule has 2 N–H and O–H groups in total. The summed E-state index contributed by atoms with van der Waals surface area (Å²) < 4.78 is 23.2. The zero-order chi connectivity index (χ0) is 26.2. The molecule has 4 rings (SSSR count). The number of nitrogens with one attached hydrogen (secondary N) is 1. The Morgan fingerprint density at radius 3 is 2.32 bits per heavy atom. The molecule has 37 heavy (non-hydrogen) atoms. The van der Waals surface area contributed by atoms with E-state index in [1.54, 1.807) is 6.92 Å². The van der Waals surface area contributed by atoms with E-state index in [0.29, 0.717) is 6.54 Å². The molecule has 0 radical (unpaired) electrons. The van der Waals surface area contributed by atoms with Crippen molar-refractivity contribution in [1.29, 1.82) is 0 Å². The fourth-order valence-electron chi connectivity index (χ4n) is 4.53. The first kappa shape index (κ1) is 27.2. The highest BCUT2D eigenvalue weighted by Crippen LogP contribution is 2.38. The zero-order valence-electron chi connectivity index (χ0n) is 21.4.